The molecule has 1 aliphatic carbocycles. The first-order chi connectivity index (χ1) is 26.4. The Hall–Kier alpha value is -4.42. The Bertz CT molecular complexity index is 1640. The SMILES string of the molecule is C=C(C)C(=O)Oc1cc(OCC(COC(=O)C(=O)CC)(COC(=O)C(=O)CC)COC2CO2)ccc1-c1ccc(C2CCC(CCCCCC)CC2)cc1F. The molecule has 2 fully saturated rings. The van der Waals surface area contributed by atoms with Gasteiger partial charge >= 0.3 is 17.9 Å². The van der Waals surface area contributed by atoms with E-state index in [9.17, 15) is 24.0 Å². The molecule has 55 heavy (non-hydrogen) atoms. The molecule has 1 aliphatic heterocycles. The summed E-state index contributed by atoms with van der Waals surface area (Å²) in [7, 11) is 0. The third-order valence-corrected chi connectivity index (χ3v) is 10.1. The van der Waals surface area contributed by atoms with Crippen molar-refractivity contribution in [3.05, 3.63) is 59.9 Å². The van der Waals surface area contributed by atoms with Crippen LogP contribution in [-0.4, -0.2) is 68.8 Å². The molecule has 1 saturated carbocycles. The molecule has 12 heteroatoms. The molecule has 0 aromatic heterocycles. The summed E-state index contributed by atoms with van der Waals surface area (Å²) in [6.07, 6.45) is 9.92. The van der Waals surface area contributed by atoms with Crippen LogP contribution in [0, 0.1) is 17.2 Å². The van der Waals surface area contributed by atoms with E-state index in [1.165, 1.54) is 58.9 Å². The number of carbonyl (C=O) groups is 5. The van der Waals surface area contributed by atoms with Crippen molar-refractivity contribution in [2.24, 2.45) is 11.3 Å². The summed E-state index contributed by atoms with van der Waals surface area (Å²) in [5.74, 6) is -3.72. The van der Waals surface area contributed by atoms with Gasteiger partial charge in [-0.25, -0.2) is 18.8 Å². The van der Waals surface area contributed by atoms with Crippen molar-refractivity contribution >= 4 is 29.5 Å². The van der Waals surface area contributed by atoms with Crippen LogP contribution >= 0.6 is 0 Å². The smallest absolute Gasteiger partial charge is 0.374 e. The van der Waals surface area contributed by atoms with Crippen LogP contribution in [0.4, 0.5) is 4.39 Å². The Labute approximate surface area is 323 Å². The first-order valence-electron chi connectivity index (χ1n) is 19.5. The van der Waals surface area contributed by atoms with Gasteiger partial charge in [0, 0.05) is 35.6 Å². The van der Waals surface area contributed by atoms with E-state index in [0.717, 1.165) is 37.2 Å². The van der Waals surface area contributed by atoms with Crippen molar-refractivity contribution in [2.75, 3.05) is 33.0 Å². The number of Topliss-reactive ketones (excluding diaryl/α,β-unsaturated/α-hetero) is 2. The lowest BCUT2D eigenvalue weighted by Crippen LogP contribution is -2.45. The van der Waals surface area contributed by atoms with Gasteiger partial charge in [-0.1, -0.05) is 71.6 Å². The quantitative estimate of drug-likeness (QED) is 0.0271. The highest BCUT2D eigenvalue weighted by Crippen LogP contribution is 2.41. The van der Waals surface area contributed by atoms with Crippen molar-refractivity contribution < 1.29 is 56.8 Å². The average Bonchev–Trinajstić information content (AvgIpc) is 4.03. The van der Waals surface area contributed by atoms with Crippen LogP contribution in [0.2, 0.25) is 0 Å². The highest BCUT2D eigenvalue weighted by molar-refractivity contribution is 6.33. The van der Waals surface area contributed by atoms with Crippen molar-refractivity contribution in [2.45, 2.75) is 111 Å². The van der Waals surface area contributed by atoms with Crippen LogP contribution in [-0.2, 0) is 42.9 Å². The molecule has 2 aliphatic rings. The number of halogens is 1. The lowest BCUT2D eigenvalue weighted by Gasteiger charge is -2.32. The van der Waals surface area contributed by atoms with Crippen LogP contribution in [0.5, 0.6) is 11.5 Å². The van der Waals surface area contributed by atoms with Gasteiger partial charge in [-0.05, 0) is 68.2 Å². The molecule has 1 unspecified atom stereocenters. The minimum atomic E-state index is -1.41. The first kappa shape index (κ1) is 43.3. The standard InChI is InChI=1S/C43H55FO11/c1-6-9-10-11-12-29-13-15-30(16-14-29)31-17-19-33(35(44)21-31)34-20-18-32(22-38(34)55-40(47)28(4)5)51-24-43(25-52-39-23-50-39,26-53-41(48)36(45)7-2)27-54-42(49)37(46)8-3/h17-22,29-30,39H,4,6-16,23-27H2,1-3,5H3. The van der Waals surface area contributed by atoms with Crippen LogP contribution in [0.3, 0.4) is 0 Å². The van der Waals surface area contributed by atoms with Crippen LogP contribution in [0.25, 0.3) is 11.1 Å². The van der Waals surface area contributed by atoms with Gasteiger partial charge < -0.3 is 28.4 Å². The van der Waals surface area contributed by atoms with E-state index in [1.807, 2.05) is 6.07 Å². The summed E-state index contributed by atoms with van der Waals surface area (Å²) in [5.41, 5.74) is 0.198. The van der Waals surface area contributed by atoms with Gasteiger partial charge in [-0.3, -0.25) is 9.59 Å². The lowest BCUT2D eigenvalue weighted by molar-refractivity contribution is -0.167. The zero-order valence-corrected chi connectivity index (χ0v) is 32.6. The summed E-state index contributed by atoms with van der Waals surface area (Å²) < 4.78 is 49.3. The Kier molecular flexibility index (Phi) is 16.6. The number of carbonyl (C=O) groups excluding carboxylic acids is 5. The van der Waals surface area contributed by atoms with Crippen molar-refractivity contribution in [3.63, 3.8) is 0 Å². The Balaban J connectivity index is 1.57. The van der Waals surface area contributed by atoms with E-state index in [4.69, 9.17) is 28.4 Å². The molecule has 0 bridgehead atoms. The molecule has 300 valence electrons. The highest BCUT2D eigenvalue weighted by atomic mass is 19.1. The Morgan fingerprint density at radius 3 is 2.00 bits per heavy atom. The molecule has 0 N–H and O–H groups in total. The molecule has 2 aromatic rings. The summed E-state index contributed by atoms with van der Waals surface area (Å²) >= 11 is 0. The van der Waals surface area contributed by atoms with Crippen LogP contribution < -0.4 is 9.47 Å². The predicted molar refractivity (Wildman–Crippen MR) is 202 cm³/mol. The van der Waals surface area contributed by atoms with Crippen molar-refractivity contribution in [3.8, 4) is 22.6 Å². The molecule has 1 heterocycles. The van der Waals surface area contributed by atoms with Gasteiger partial charge in [0.2, 0.25) is 11.6 Å². The fourth-order valence-corrected chi connectivity index (χ4v) is 6.51. The van der Waals surface area contributed by atoms with E-state index in [1.54, 1.807) is 24.3 Å². The molecular weight excluding hydrogens is 711 g/mol. The second-order valence-electron chi connectivity index (χ2n) is 14.7. The minimum Gasteiger partial charge on any atom is -0.493 e. The minimum absolute atomic E-state index is 0.00824. The van der Waals surface area contributed by atoms with Gasteiger partial charge in [0.05, 0.1) is 12.0 Å². The number of epoxide rings is 1. The van der Waals surface area contributed by atoms with Crippen LogP contribution in [0.15, 0.2) is 48.6 Å². The molecule has 0 radical (unpaired) electrons. The number of hydrogen-bond acceptors (Lipinski definition) is 11. The van der Waals surface area contributed by atoms with E-state index in [2.05, 4.69) is 13.5 Å². The molecule has 1 atom stereocenters. The van der Waals surface area contributed by atoms with Gasteiger partial charge in [0.15, 0.2) is 6.29 Å². The normalized spacial score (nSPS) is 17.9. The van der Waals surface area contributed by atoms with E-state index >= 15 is 4.39 Å². The maximum absolute atomic E-state index is 16.0. The number of unbranched alkanes of at least 4 members (excludes halogenated alkanes) is 3. The van der Waals surface area contributed by atoms with E-state index in [-0.39, 0.29) is 54.6 Å². The van der Waals surface area contributed by atoms with E-state index in [0.29, 0.717) is 12.2 Å². The summed E-state index contributed by atoms with van der Waals surface area (Å²) in [4.78, 5) is 61.6. The molecule has 0 amide bonds. The fraction of sp³-hybridized carbons (Fsp3) is 0.558. The van der Waals surface area contributed by atoms with Crippen molar-refractivity contribution in [1.82, 2.24) is 0 Å². The largest absolute Gasteiger partial charge is 0.493 e. The number of esters is 3. The topological polar surface area (TPSA) is 144 Å². The van der Waals surface area contributed by atoms with Crippen LogP contribution in [0.1, 0.15) is 110 Å². The second kappa shape index (κ2) is 21.0. The predicted octanol–water partition coefficient (Wildman–Crippen LogP) is 8.00. The number of rotatable bonds is 23. The number of hydrogen-bond donors (Lipinski definition) is 0. The molecule has 2 aromatic carbocycles. The molecule has 0 spiro atoms. The second-order valence-corrected chi connectivity index (χ2v) is 14.7. The summed E-state index contributed by atoms with van der Waals surface area (Å²) in [6, 6.07) is 9.75. The zero-order chi connectivity index (χ0) is 40.0. The number of ether oxygens (including phenoxy) is 6. The van der Waals surface area contributed by atoms with Gasteiger partial charge in [0.1, 0.15) is 43.7 Å². The molecule has 11 nitrogen and oxygen atoms in total. The highest BCUT2D eigenvalue weighted by Gasteiger charge is 2.40. The number of ketones is 2. The Morgan fingerprint density at radius 2 is 1.44 bits per heavy atom. The zero-order valence-electron chi connectivity index (χ0n) is 32.6. The molecule has 1 saturated heterocycles. The fourth-order valence-electron chi connectivity index (χ4n) is 6.51. The maximum Gasteiger partial charge on any atom is 0.374 e. The number of benzene rings is 2. The van der Waals surface area contributed by atoms with Gasteiger partial charge in [-0.2, -0.15) is 0 Å². The van der Waals surface area contributed by atoms with Crippen molar-refractivity contribution in [1.29, 1.82) is 0 Å². The van der Waals surface area contributed by atoms with Gasteiger partial charge in [-0.15, -0.1) is 0 Å². The average molecular weight is 767 g/mol. The summed E-state index contributed by atoms with van der Waals surface area (Å²) in [5, 5.41) is 0. The molecular formula is C43H55FO11. The lowest BCUT2D eigenvalue weighted by atomic mass is 9.77. The monoisotopic (exact) mass is 766 g/mol. The van der Waals surface area contributed by atoms with Gasteiger partial charge in [0.25, 0.3) is 0 Å². The Morgan fingerprint density at radius 1 is 0.800 bits per heavy atom. The first-order valence-corrected chi connectivity index (χ1v) is 19.5. The third-order valence-electron chi connectivity index (χ3n) is 10.1. The molecule has 4 rings (SSSR count). The summed E-state index contributed by atoms with van der Waals surface area (Å²) in [6.45, 7) is 9.21. The van der Waals surface area contributed by atoms with E-state index < -0.39 is 60.2 Å². The maximum atomic E-state index is 16.0. The third kappa shape index (κ3) is 13.1.